The average Bonchev–Trinajstić information content (AvgIpc) is 4.01. The smallest absolute Gasteiger partial charge is 0.416 e. The number of hydrogen-bond donors (Lipinski definition) is 0. The van der Waals surface area contributed by atoms with Gasteiger partial charge in [-0.15, -0.1) is 15.0 Å². The molecule has 3 fully saturated rings. The lowest BCUT2D eigenvalue weighted by Gasteiger charge is -2.38. The quantitative estimate of drug-likeness (QED) is 0.0417. The molecule has 0 bridgehead atoms. The molecule has 20 nitrogen and oxygen atoms in total. The van der Waals surface area contributed by atoms with Crippen LogP contribution >= 0.6 is 7.60 Å². The van der Waals surface area contributed by atoms with Gasteiger partial charge in [0.25, 0.3) is 0 Å². The van der Waals surface area contributed by atoms with E-state index in [0.717, 1.165) is 30.9 Å². The number of carbonyl (C=O) groups is 1. The zero-order valence-electron chi connectivity index (χ0n) is 40.7. The van der Waals surface area contributed by atoms with Crippen LogP contribution in [0.25, 0.3) is 23.2 Å². The van der Waals surface area contributed by atoms with Gasteiger partial charge in [0.1, 0.15) is 23.9 Å². The molecule has 0 radical (unpaired) electrons. The van der Waals surface area contributed by atoms with Crippen molar-refractivity contribution < 1.29 is 51.6 Å². The molecule has 7 rings (SSSR count). The number of ether oxygens (including phenoxy) is 7. The largest absolute Gasteiger partial charge is 0.443 e. The second-order valence-corrected chi connectivity index (χ2v) is 27.6. The maximum absolute atomic E-state index is 15.0. The molecule has 1 unspecified atom stereocenters. The number of rotatable bonds is 22. The van der Waals surface area contributed by atoms with Gasteiger partial charge in [-0.2, -0.15) is 5.10 Å². The topological polar surface area (TPSA) is 208 Å². The van der Waals surface area contributed by atoms with Gasteiger partial charge in [-0.1, -0.05) is 56.0 Å². The molecule has 0 N–H and O–H groups in total. The second kappa shape index (κ2) is 20.9. The number of nitrogens with zero attached hydrogens (tertiary/aromatic N) is 9. The minimum absolute atomic E-state index is 0.0554. The van der Waals surface area contributed by atoms with Crippen LogP contribution in [0.2, 0.25) is 25.7 Å². The van der Waals surface area contributed by atoms with Gasteiger partial charge in [-0.3, -0.25) is 9.46 Å². The third kappa shape index (κ3) is 12.1. The van der Waals surface area contributed by atoms with Crippen molar-refractivity contribution in [3.63, 3.8) is 0 Å². The first-order valence-electron chi connectivity index (χ1n) is 23.1. The van der Waals surface area contributed by atoms with Crippen molar-refractivity contribution in [1.82, 2.24) is 40.0 Å². The number of amides is 1. The highest BCUT2D eigenvalue weighted by Crippen LogP contribution is 2.62. The fourth-order valence-electron chi connectivity index (χ4n) is 8.11. The summed E-state index contributed by atoms with van der Waals surface area (Å²) in [6, 6.07) is 10.6. The summed E-state index contributed by atoms with van der Waals surface area (Å²) in [4.78, 5) is 27.0. The van der Waals surface area contributed by atoms with Crippen molar-refractivity contribution in [2.75, 3.05) is 45.0 Å². The van der Waals surface area contributed by atoms with E-state index in [-0.39, 0.29) is 51.4 Å². The first kappa shape index (κ1) is 50.8. The summed E-state index contributed by atoms with van der Waals surface area (Å²) in [6.07, 6.45) is 4.09. The molecule has 3 aliphatic rings. The first-order chi connectivity index (χ1) is 31.8. The molecule has 2 saturated heterocycles. The van der Waals surface area contributed by atoms with E-state index in [1.165, 1.54) is 11.9 Å². The zero-order valence-corrected chi connectivity index (χ0v) is 42.6. The van der Waals surface area contributed by atoms with Crippen molar-refractivity contribution in [2.24, 2.45) is 0 Å². The third-order valence-electron chi connectivity index (χ3n) is 11.4. The van der Waals surface area contributed by atoms with Gasteiger partial charge < -0.3 is 42.2 Å². The lowest BCUT2D eigenvalue weighted by atomic mass is 9.91. The number of anilines is 1. The van der Waals surface area contributed by atoms with Gasteiger partial charge in [0, 0.05) is 27.8 Å². The molecule has 5 atom stereocenters. The number of carbonyl (C=O) groups excluding carboxylic acids is 1. The Kier molecular flexibility index (Phi) is 15.9. The minimum atomic E-state index is -4.16. The monoisotopic (exact) mass is 969 g/mol. The molecular formula is C45H68N9O11PSi. The lowest BCUT2D eigenvalue weighted by Crippen LogP contribution is -2.47. The fourth-order valence-corrected chi connectivity index (χ4v) is 10.9. The first-order valence-corrected chi connectivity index (χ1v) is 28.4. The van der Waals surface area contributed by atoms with Gasteiger partial charge in [0.2, 0.25) is 0 Å². The highest BCUT2D eigenvalue weighted by Gasteiger charge is 2.59. The van der Waals surface area contributed by atoms with Crippen LogP contribution < -0.4 is 4.90 Å². The van der Waals surface area contributed by atoms with E-state index in [1.807, 2.05) is 71.0 Å². The van der Waals surface area contributed by atoms with Gasteiger partial charge in [-0.05, 0) is 90.6 Å². The summed E-state index contributed by atoms with van der Waals surface area (Å²) in [5.74, 6) is -0.102. The van der Waals surface area contributed by atoms with E-state index >= 15 is 4.57 Å². The number of benzene rings is 1. The molecule has 0 spiro atoms. The molecule has 1 amide bonds. The summed E-state index contributed by atoms with van der Waals surface area (Å²) in [5, 5.41) is 16.6. The Labute approximate surface area is 393 Å². The molecule has 1 aromatic carbocycles. The van der Waals surface area contributed by atoms with Crippen LogP contribution in [0.15, 0.2) is 36.5 Å². The Hall–Kier alpha value is -4.02. The maximum atomic E-state index is 15.0. The Balaban J connectivity index is 1.24. The van der Waals surface area contributed by atoms with Gasteiger partial charge >= 0.3 is 13.7 Å². The Morgan fingerprint density at radius 3 is 2.39 bits per heavy atom. The van der Waals surface area contributed by atoms with Crippen LogP contribution in [0.5, 0.6) is 0 Å². The van der Waals surface area contributed by atoms with E-state index in [2.05, 4.69) is 35.1 Å². The molecule has 22 heteroatoms. The Morgan fingerprint density at radius 1 is 1.03 bits per heavy atom. The summed E-state index contributed by atoms with van der Waals surface area (Å²) in [7, 11) is -4.00. The normalized spacial score (nSPS) is 22.0. The average molecular weight is 970 g/mol. The fraction of sp³-hybridized carbons (Fsp3) is 0.667. The standard InChI is InChI=1S/C45H68N9O11PSi/c1-12-60-66(56,61-13-2)45(29-57-8,26-36-49-51-52(50-36)30-58-24-25-67(9,10)11)59-28-34-37-38(64-44(6,7)63-37)41(62-34)54-40-33(27-46-54)39(47-35(48-40)23-22-31-18-15-14-16-19-31)53(32-20-17-21-32)42(55)65-43(3,4)5/h14-16,18-19,22-23,27,32,34,37-38,41H,12-13,17,20-21,24-26,28-30H2,1-11H3/b23-22+/t34?,37-,38-,41-,45+/m1/s1. The molecule has 1 saturated carbocycles. The van der Waals surface area contributed by atoms with E-state index in [9.17, 15) is 4.79 Å². The second-order valence-electron chi connectivity index (χ2n) is 19.7. The summed E-state index contributed by atoms with van der Waals surface area (Å²) < 4.78 is 72.9. The number of methoxy groups -OCH3 is 1. The summed E-state index contributed by atoms with van der Waals surface area (Å²) in [5.41, 5.74) is 0.588. The Morgan fingerprint density at radius 2 is 1.75 bits per heavy atom. The van der Waals surface area contributed by atoms with Gasteiger partial charge in [0.05, 0.1) is 44.4 Å². The van der Waals surface area contributed by atoms with E-state index in [1.54, 1.807) is 35.7 Å². The minimum Gasteiger partial charge on any atom is -0.443 e. The van der Waals surface area contributed by atoms with Crippen molar-refractivity contribution >= 4 is 50.8 Å². The molecule has 1 aliphatic carbocycles. The van der Waals surface area contributed by atoms with Crippen molar-refractivity contribution in [1.29, 1.82) is 0 Å². The van der Waals surface area contributed by atoms with Crippen molar-refractivity contribution in [3.05, 3.63) is 53.7 Å². The highest BCUT2D eigenvalue weighted by molar-refractivity contribution is 7.55. The van der Waals surface area contributed by atoms with Crippen LogP contribution in [0.4, 0.5) is 10.6 Å². The maximum Gasteiger partial charge on any atom is 0.416 e. The van der Waals surface area contributed by atoms with Crippen molar-refractivity contribution in [3.8, 4) is 0 Å². The van der Waals surface area contributed by atoms with Gasteiger partial charge in [0.15, 0.2) is 47.2 Å². The Bertz CT molecular complexity index is 2360. The molecule has 368 valence electrons. The van der Waals surface area contributed by atoms with Gasteiger partial charge in [-0.25, -0.2) is 19.4 Å². The highest BCUT2D eigenvalue weighted by atomic mass is 31.2. The lowest BCUT2D eigenvalue weighted by molar-refractivity contribution is -0.207. The summed E-state index contributed by atoms with van der Waals surface area (Å²) >= 11 is 0. The SMILES string of the molecule is CCOP(=O)(OCC)[C@](COC)(Cc1nnn(COCC[Si](C)(C)C)n1)OCC1O[C@@H](n2ncc3c(N(C(=O)OC(C)(C)C)C4CCC4)nc(/C=C/c4ccccc4)nc32)[C@@H]2OC(C)(C)O[C@H]12. The van der Waals surface area contributed by atoms with Crippen LogP contribution in [0, 0.1) is 0 Å². The molecule has 3 aromatic heterocycles. The van der Waals surface area contributed by atoms with Crippen LogP contribution in [0.3, 0.4) is 0 Å². The molecule has 5 heterocycles. The number of aromatic nitrogens is 8. The molecule has 2 aliphatic heterocycles. The van der Waals surface area contributed by atoms with E-state index in [0.29, 0.717) is 29.3 Å². The zero-order chi connectivity index (χ0) is 48.2. The predicted molar refractivity (Wildman–Crippen MR) is 252 cm³/mol. The summed E-state index contributed by atoms with van der Waals surface area (Å²) in [6.45, 7) is 19.8. The van der Waals surface area contributed by atoms with Crippen LogP contribution in [-0.4, -0.2) is 135 Å². The van der Waals surface area contributed by atoms with Crippen molar-refractivity contribution in [2.45, 2.75) is 154 Å². The molecule has 4 aromatic rings. The number of fused-ring (bicyclic) bond motifs is 2. The number of tetrazole rings is 1. The van der Waals surface area contributed by atoms with Crippen LogP contribution in [0.1, 0.15) is 91.2 Å². The number of hydrogen-bond acceptors (Lipinski definition) is 17. The third-order valence-corrected chi connectivity index (χ3v) is 15.7. The molecule has 67 heavy (non-hydrogen) atoms. The van der Waals surface area contributed by atoms with E-state index in [4.69, 9.17) is 57.3 Å². The van der Waals surface area contributed by atoms with Crippen LogP contribution in [-0.2, 0) is 59.9 Å². The predicted octanol–water partition coefficient (Wildman–Crippen LogP) is 7.88. The van der Waals surface area contributed by atoms with E-state index < -0.39 is 63.0 Å². The molecular weight excluding hydrogens is 902 g/mol.